The average Bonchev–Trinajstić information content (AvgIpc) is 2.89. The monoisotopic (exact) mass is 356 g/mol. The third-order valence-corrected chi connectivity index (χ3v) is 4.62. The molecule has 0 spiro atoms. The minimum absolute atomic E-state index is 0.182. The molecule has 3 amide bonds. The molecule has 0 aliphatic heterocycles. The number of halogens is 1. The normalized spacial score (nSPS) is 11.8. The van der Waals surface area contributed by atoms with Gasteiger partial charge in [-0.15, -0.1) is 11.3 Å². The largest absolute Gasteiger partial charge is 0.467 e. The van der Waals surface area contributed by atoms with Crippen molar-refractivity contribution in [1.29, 1.82) is 0 Å². The average molecular weight is 357 g/mol. The van der Waals surface area contributed by atoms with Gasteiger partial charge in [-0.05, 0) is 6.07 Å². The number of amides is 3. The van der Waals surface area contributed by atoms with Crippen molar-refractivity contribution in [3.05, 3.63) is 34.2 Å². The summed E-state index contributed by atoms with van der Waals surface area (Å²) in [5.41, 5.74) is 0. The van der Waals surface area contributed by atoms with Gasteiger partial charge in [-0.2, -0.15) is 0 Å². The first-order valence-corrected chi connectivity index (χ1v) is 7.65. The fourth-order valence-corrected chi connectivity index (χ4v) is 3.25. The van der Waals surface area contributed by atoms with E-state index < -0.39 is 30.6 Å². The van der Waals surface area contributed by atoms with Crippen molar-refractivity contribution >= 4 is 50.9 Å². The molecule has 9 heteroatoms. The zero-order valence-corrected chi connectivity index (χ0v) is 13.5. The van der Waals surface area contributed by atoms with E-state index in [4.69, 9.17) is 16.7 Å². The van der Waals surface area contributed by atoms with Crippen LogP contribution >= 0.6 is 22.9 Å². The number of ether oxygens (including phenoxy) is 1. The summed E-state index contributed by atoms with van der Waals surface area (Å²) in [4.78, 5) is 35.3. The summed E-state index contributed by atoms with van der Waals surface area (Å²) in [6.07, 6.45) is 0. The molecule has 3 N–H and O–H groups in total. The van der Waals surface area contributed by atoms with Gasteiger partial charge in [0.05, 0.1) is 18.7 Å². The molecular formula is C14H13ClN2O5S. The second-order valence-corrected chi connectivity index (χ2v) is 5.86. The molecule has 0 unspecified atom stereocenters. The summed E-state index contributed by atoms with van der Waals surface area (Å²) in [6.45, 7) is -0.655. The van der Waals surface area contributed by atoms with E-state index >= 15 is 0 Å². The molecule has 23 heavy (non-hydrogen) atoms. The Kier molecular flexibility index (Phi) is 5.54. The first-order chi connectivity index (χ1) is 11.0. The number of hydrogen-bond acceptors (Lipinski definition) is 6. The topological polar surface area (TPSA) is 105 Å². The number of nitrogens with one attached hydrogen (secondary N) is 2. The predicted octanol–water partition coefficient (Wildman–Crippen LogP) is 1.53. The molecule has 1 heterocycles. The summed E-state index contributed by atoms with van der Waals surface area (Å²) in [6, 6.07) is 4.98. The second-order valence-electron chi connectivity index (χ2n) is 4.43. The summed E-state index contributed by atoms with van der Waals surface area (Å²) < 4.78 is 5.22. The van der Waals surface area contributed by atoms with Gasteiger partial charge < -0.3 is 15.2 Å². The van der Waals surface area contributed by atoms with E-state index in [2.05, 4.69) is 15.4 Å². The highest BCUT2D eigenvalue weighted by atomic mass is 35.5. The lowest BCUT2D eigenvalue weighted by Crippen LogP contribution is -2.49. The zero-order valence-electron chi connectivity index (χ0n) is 12.0. The maximum Gasteiger partial charge on any atom is 0.330 e. The third kappa shape index (κ3) is 3.79. The van der Waals surface area contributed by atoms with Crippen LogP contribution < -0.4 is 10.6 Å². The molecule has 122 valence electrons. The molecule has 0 saturated heterocycles. The number of esters is 1. The second kappa shape index (κ2) is 7.40. The number of hydrogen-bond donors (Lipinski definition) is 3. The number of imide groups is 1. The molecule has 0 saturated carbocycles. The van der Waals surface area contributed by atoms with Crippen molar-refractivity contribution in [3.8, 4) is 0 Å². The van der Waals surface area contributed by atoms with Crippen LogP contribution in [-0.4, -0.2) is 42.8 Å². The molecule has 7 nitrogen and oxygen atoms in total. The number of benzene rings is 1. The van der Waals surface area contributed by atoms with Crippen molar-refractivity contribution in [1.82, 2.24) is 10.6 Å². The number of fused-ring (bicyclic) bond motifs is 1. The van der Waals surface area contributed by atoms with Gasteiger partial charge in [-0.1, -0.05) is 29.8 Å². The van der Waals surface area contributed by atoms with Gasteiger partial charge in [0.1, 0.15) is 4.88 Å². The summed E-state index contributed by atoms with van der Waals surface area (Å²) in [5.74, 6) is -1.52. The number of urea groups is 1. The Bertz CT molecular complexity index is 761. The quantitative estimate of drug-likeness (QED) is 0.720. The van der Waals surface area contributed by atoms with Crippen molar-refractivity contribution in [3.63, 3.8) is 0 Å². The molecule has 0 fully saturated rings. The lowest BCUT2D eigenvalue weighted by atomic mass is 10.2. The molecule has 1 aromatic heterocycles. The molecule has 2 rings (SSSR count). The Hall–Kier alpha value is -2.16. The van der Waals surface area contributed by atoms with Gasteiger partial charge in [0, 0.05) is 10.1 Å². The number of rotatable bonds is 4. The summed E-state index contributed by atoms with van der Waals surface area (Å²) >= 11 is 7.29. The van der Waals surface area contributed by atoms with E-state index in [1.807, 2.05) is 12.1 Å². The fraction of sp³-hybridized carbons (Fsp3) is 0.214. The third-order valence-electron chi connectivity index (χ3n) is 2.94. The van der Waals surface area contributed by atoms with E-state index in [0.29, 0.717) is 5.39 Å². The van der Waals surface area contributed by atoms with Crippen LogP contribution in [0.5, 0.6) is 0 Å². The van der Waals surface area contributed by atoms with E-state index in [0.717, 1.165) is 23.1 Å². The van der Waals surface area contributed by atoms with Crippen molar-refractivity contribution < 1.29 is 24.2 Å². The van der Waals surface area contributed by atoms with Crippen LogP contribution in [0, 0.1) is 0 Å². The lowest BCUT2D eigenvalue weighted by Gasteiger charge is -2.13. The molecule has 1 atom stereocenters. The maximum atomic E-state index is 12.1. The maximum absolute atomic E-state index is 12.1. The first kappa shape index (κ1) is 17.2. The molecule has 0 aliphatic rings. The Morgan fingerprint density at radius 3 is 2.65 bits per heavy atom. The molecule has 0 aliphatic carbocycles. The van der Waals surface area contributed by atoms with Gasteiger partial charge in [0.2, 0.25) is 0 Å². The summed E-state index contributed by atoms with van der Waals surface area (Å²) in [5, 5.41) is 14.2. The van der Waals surface area contributed by atoms with Crippen LogP contribution in [0.1, 0.15) is 9.67 Å². The Labute approximate surface area is 140 Å². The van der Waals surface area contributed by atoms with Crippen LogP contribution in [0.15, 0.2) is 24.3 Å². The minimum atomic E-state index is -1.26. The van der Waals surface area contributed by atoms with Crippen molar-refractivity contribution in [2.45, 2.75) is 6.04 Å². The molecule has 0 radical (unpaired) electrons. The lowest BCUT2D eigenvalue weighted by molar-refractivity contribution is -0.143. The van der Waals surface area contributed by atoms with Gasteiger partial charge in [-0.25, -0.2) is 9.59 Å². The SMILES string of the molecule is COC(=O)[C@@H](CO)NC(=O)NC(=O)c1sc2ccccc2c1Cl. The predicted molar refractivity (Wildman–Crippen MR) is 85.7 cm³/mol. The first-order valence-electron chi connectivity index (χ1n) is 6.45. The molecule has 2 aromatic rings. The molecule has 0 bridgehead atoms. The highest BCUT2D eigenvalue weighted by molar-refractivity contribution is 7.21. The van der Waals surface area contributed by atoms with Crippen LogP contribution in [-0.2, 0) is 9.53 Å². The number of carbonyl (C=O) groups excluding carboxylic acids is 3. The fourth-order valence-electron chi connectivity index (χ4n) is 1.84. The van der Waals surface area contributed by atoms with Crippen LogP contribution in [0.3, 0.4) is 0 Å². The standard InChI is InChI=1S/C14H13ClN2O5S/c1-22-13(20)8(6-18)16-14(21)17-12(19)11-10(15)7-4-2-3-5-9(7)23-11/h2-5,8,18H,6H2,1H3,(H2,16,17,19,21)/t8-/m1/s1. The highest BCUT2D eigenvalue weighted by Gasteiger charge is 2.23. The molecular weight excluding hydrogens is 344 g/mol. The Morgan fingerprint density at radius 2 is 2.04 bits per heavy atom. The zero-order chi connectivity index (χ0) is 17.0. The number of thiophene rings is 1. The van der Waals surface area contributed by atoms with Crippen LogP contribution in [0.25, 0.3) is 10.1 Å². The van der Waals surface area contributed by atoms with E-state index in [-0.39, 0.29) is 9.90 Å². The van der Waals surface area contributed by atoms with Gasteiger partial charge in [0.15, 0.2) is 6.04 Å². The smallest absolute Gasteiger partial charge is 0.330 e. The van der Waals surface area contributed by atoms with Gasteiger partial charge >= 0.3 is 12.0 Å². The van der Waals surface area contributed by atoms with Crippen molar-refractivity contribution in [2.24, 2.45) is 0 Å². The Balaban J connectivity index is 2.10. The highest BCUT2D eigenvalue weighted by Crippen LogP contribution is 2.34. The Morgan fingerprint density at radius 1 is 1.35 bits per heavy atom. The number of aliphatic hydroxyl groups is 1. The van der Waals surface area contributed by atoms with Crippen LogP contribution in [0.4, 0.5) is 4.79 Å². The number of aliphatic hydroxyl groups excluding tert-OH is 1. The number of carbonyl (C=O) groups is 3. The van der Waals surface area contributed by atoms with E-state index in [1.54, 1.807) is 12.1 Å². The minimum Gasteiger partial charge on any atom is -0.467 e. The van der Waals surface area contributed by atoms with Crippen molar-refractivity contribution in [2.75, 3.05) is 13.7 Å². The molecule has 1 aromatic carbocycles. The van der Waals surface area contributed by atoms with E-state index in [9.17, 15) is 14.4 Å². The van der Waals surface area contributed by atoms with Crippen LogP contribution in [0.2, 0.25) is 5.02 Å². The summed E-state index contributed by atoms with van der Waals surface area (Å²) in [7, 11) is 1.12. The number of methoxy groups -OCH3 is 1. The van der Waals surface area contributed by atoms with Gasteiger partial charge in [0.25, 0.3) is 5.91 Å². The van der Waals surface area contributed by atoms with E-state index in [1.165, 1.54) is 0 Å². The van der Waals surface area contributed by atoms with Gasteiger partial charge in [-0.3, -0.25) is 10.1 Å².